The second kappa shape index (κ2) is 5.66. The summed E-state index contributed by atoms with van der Waals surface area (Å²) in [5.41, 5.74) is 8.57. The molecular weight excluding hydrogens is 244 g/mol. The van der Waals surface area contributed by atoms with Crippen molar-refractivity contribution in [1.29, 1.82) is 0 Å². The van der Waals surface area contributed by atoms with Gasteiger partial charge in [-0.25, -0.2) is 0 Å². The first-order valence-electron chi connectivity index (χ1n) is 7.17. The van der Waals surface area contributed by atoms with Gasteiger partial charge in [0.15, 0.2) is 0 Å². The molecule has 1 aromatic heterocycles. The number of aromatic nitrogens is 1. The number of hydrogen-bond acceptors (Lipinski definition) is 2. The molecule has 0 aliphatic heterocycles. The zero-order valence-electron chi connectivity index (χ0n) is 13.3. The minimum Gasteiger partial charge on any atom is -0.378 e. The third-order valence-electron chi connectivity index (χ3n) is 3.78. The van der Waals surface area contributed by atoms with Crippen molar-refractivity contribution in [1.82, 2.24) is 4.98 Å². The van der Waals surface area contributed by atoms with E-state index in [4.69, 9.17) is 0 Å². The van der Waals surface area contributed by atoms with Crippen LogP contribution in [-0.4, -0.2) is 4.98 Å². The average Bonchev–Trinajstić information content (AvgIpc) is 2.32. The van der Waals surface area contributed by atoms with Gasteiger partial charge in [0, 0.05) is 17.1 Å². The standard InChI is InChI=1S/C18H24N2/c1-11-7-8-12(2)17(9-11)20-16(6)18-13(3)10-14(4)19-15(18)5/h7-10,16,20H,1-6H3. The Balaban J connectivity index is 2.33. The number of anilines is 1. The van der Waals surface area contributed by atoms with Crippen molar-refractivity contribution in [3.8, 4) is 0 Å². The molecule has 0 aliphatic rings. The lowest BCUT2D eigenvalue weighted by Gasteiger charge is -2.21. The maximum absolute atomic E-state index is 4.60. The Labute approximate surface area is 122 Å². The van der Waals surface area contributed by atoms with Crippen LogP contribution in [0.5, 0.6) is 0 Å². The summed E-state index contributed by atoms with van der Waals surface area (Å²) < 4.78 is 0. The molecule has 2 heteroatoms. The fourth-order valence-corrected chi connectivity index (χ4v) is 2.89. The molecular formula is C18H24N2. The molecule has 1 unspecified atom stereocenters. The summed E-state index contributed by atoms with van der Waals surface area (Å²) in [4.78, 5) is 4.60. The number of hydrogen-bond donors (Lipinski definition) is 1. The molecule has 0 amide bonds. The van der Waals surface area contributed by atoms with Crippen molar-refractivity contribution in [2.75, 3.05) is 5.32 Å². The van der Waals surface area contributed by atoms with Gasteiger partial charge in [0.25, 0.3) is 0 Å². The second-order valence-electron chi connectivity index (χ2n) is 5.76. The Hall–Kier alpha value is -1.83. The first-order chi connectivity index (χ1) is 9.38. The minimum atomic E-state index is 0.253. The summed E-state index contributed by atoms with van der Waals surface area (Å²) >= 11 is 0. The van der Waals surface area contributed by atoms with Crippen molar-refractivity contribution in [3.05, 3.63) is 57.9 Å². The van der Waals surface area contributed by atoms with Gasteiger partial charge in [-0.05, 0) is 75.9 Å². The summed E-state index contributed by atoms with van der Waals surface area (Å²) in [6, 6.07) is 8.93. The highest BCUT2D eigenvalue weighted by Gasteiger charge is 2.13. The van der Waals surface area contributed by atoms with Crippen LogP contribution < -0.4 is 5.32 Å². The lowest BCUT2D eigenvalue weighted by molar-refractivity contribution is 0.841. The van der Waals surface area contributed by atoms with Crippen LogP contribution in [0.2, 0.25) is 0 Å². The fourth-order valence-electron chi connectivity index (χ4n) is 2.89. The predicted octanol–water partition coefficient (Wildman–Crippen LogP) is 4.80. The van der Waals surface area contributed by atoms with E-state index in [1.54, 1.807) is 0 Å². The Morgan fingerprint density at radius 1 is 0.950 bits per heavy atom. The van der Waals surface area contributed by atoms with Crippen molar-refractivity contribution < 1.29 is 0 Å². The van der Waals surface area contributed by atoms with Crippen molar-refractivity contribution >= 4 is 5.69 Å². The Kier molecular flexibility index (Phi) is 4.12. The number of pyridine rings is 1. The van der Waals surface area contributed by atoms with E-state index < -0.39 is 0 Å². The van der Waals surface area contributed by atoms with E-state index in [0.29, 0.717) is 0 Å². The fraction of sp³-hybridized carbons (Fsp3) is 0.389. The van der Waals surface area contributed by atoms with Crippen LogP contribution in [0.15, 0.2) is 24.3 Å². The van der Waals surface area contributed by atoms with Crippen LogP contribution in [0.3, 0.4) is 0 Å². The highest BCUT2D eigenvalue weighted by Crippen LogP contribution is 2.27. The smallest absolute Gasteiger partial charge is 0.0506 e. The maximum Gasteiger partial charge on any atom is 0.0506 e. The number of aryl methyl sites for hydroxylation is 5. The largest absolute Gasteiger partial charge is 0.378 e. The maximum atomic E-state index is 4.60. The van der Waals surface area contributed by atoms with Gasteiger partial charge in [0.05, 0.1) is 6.04 Å². The molecule has 0 spiro atoms. The molecule has 1 atom stereocenters. The first kappa shape index (κ1) is 14.6. The summed E-state index contributed by atoms with van der Waals surface area (Å²) in [6.45, 7) is 12.8. The van der Waals surface area contributed by atoms with Crippen LogP contribution in [0.1, 0.15) is 46.6 Å². The lowest BCUT2D eigenvalue weighted by atomic mass is 9.99. The summed E-state index contributed by atoms with van der Waals surface area (Å²) in [7, 11) is 0. The number of rotatable bonds is 3. The molecule has 0 aliphatic carbocycles. The van der Waals surface area contributed by atoms with Gasteiger partial charge >= 0.3 is 0 Å². The van der Waals surface area contributed by atoms with Gasteiger partial charge in [0.1, 0.15) is 0 Å². The summed E-state index contributed by atoms with van der Waals surface area (Å²) in [5, 5.41) is 3.63. The van der Waals surface area contributed by atoms with Crippen LogP contribution >= 0.6 is 0 Å². The third kappa shape index (κ3) is 3.01. The van der Waals surface area contributed by atoms with E-state index in [1.165, 1.54) is 27.9 Å². The molecule has 20 heavy (non-hydrogen) atoms. The second-order valence-corrected chi connectivity index (χ2v) is 5.76. The summed E-state index contributed by atoms with van der Waals surface area (Å²) in [5.74, 6) is 0. The van der Waals surface area contributed by atoms with Gasteiger partial charge in [0.2, 0.25) is 0 Å². The van der Waals surface area contributed by atoms with Crippen LogP contribution in [0.25, 0.3) is 0 Å². The number of benzene rings is 1. The highest BCUT2D eigenvalue weighted by atomic mass is 14.9. The van der Waals surface area contributed by atoms with E-state index in [-0.39, 0.29) is 6.04 Å². The quantitative estimate of drug-likeness (QED) is 0.865. The van der Waals surface area contributed by atoms with E-state index >= 15 is 0 Å². The van der Waals surface area contributed by atoms with Gasteiger partial charge in [-0.2, -0.15) is 0 Å². The predicted molar refractivity (Wildman–Crippen MR) is 86.4 cm³/mol. The van der Waals surface area contributed by atoms with Gasteiger partial charge < -0.3 is 5.32 Å². The first-order valence-corrected chi connectivity index (χ1v) is 7.17. The highest BCUT2D eigenvalue weighted by molar-refractivity contribution is 5.54. The molecule has 0 saturated heterocycles. The molecule has 106 valence electrons. The van der Waals surface area contributed by atoms with Crippen molar-refractivity contribution in [2.45, 2.75) is 47.6 Å². The minimum absolute atomic E-state index is 0.253. The normalized spacial score (nSPS) is 12.3. The van der Waals surface area contributed by atoms with E-state index in [2.05, 4.69) is 69.2 Å². The average molecular weight is 268 g/mol. The molecule has 0 radical (unpaired) electrons. The van der Waals surface area contributed by atoms with Gasteiger partial charge in [-0.1, -0.05) is 12.1 Å². The zero-order valence-corrected chi connectivity index (χ0v) is 13.3. The molecule has 2 aromatic rings. The van der Waals surface area contributed by atoms with Crippen LogP contribution in [-0.2, 0) is 0 Å². The van der Waals surface area contributed by atoms with Crippen LogP contribution in [0, 0.1) is 34.6 Å². The topological polar surface area (TPSA) is 24.9 Å². The Bertz CT molecular complexity index is 606. The molecule has 2 nitrogen and oxygen atoms in total. The SMILES string of the molecule is Cc1ccc(C)c(NC(C)c2c(C)cc(C)nc2C)c1. The van der Waals surface area contributed by atoms with Crippen molar-refractivity contribution in [3.63, 3.8) is 0 Å². The van der Waals surface area contributed by atoms with E-state index in [9.17, 15) is 0 Å². The zero-order chi connectivity index (χ0) is 14.9. The molecule has 2 rings (SSSR count). The molecule has 1 N–H and O–H groups in total. The number of nitrogens with one attached hydrogen (secondary N) is 1. The van der Waals surface area contributed by atoms with Gasteiger partial charge in [-0.3, -0.25) is 4.98 Å². The molecule has 0 fully saturated rings. The molecule has 0 bridgehead atoms. The number of nitrogens with zero attached hydrogens (tertiary/aromatic N) is 1. The lowest BCUT2D eigenvalue weighted by Crippen LogP contribution is -2.12. The van der Waals surface area contributed by atoms with E-state index in [1.807, 2.05) is 6.92 Å². The molecule has 1 aromatic carbocycles. The Morgan fingerprint density at radius 3 is 2.30 bits per heavy atom. The Morgan fingerprint density at radius 2 is 1.65 bits per heavy atom. The van der Waals surface area contributed by atoms with Crippen LogP contribution in [0.4, 0.5) is 5.69 Å². The third-order valence-corrected chi connectivity index (χ3v) is 3.78. The van der Waals surface area contributed by atoms with E-state index in [0.717, 1.165) is 11.4 Å². The monoisotopic (exact) mass is 268 g/mol. The van der Waals surface area contributed by atoms with Gasteiger partial charge in [-0.15, -0.1) is 0 Å². The summed E-state index contributed by atoms with van der Waals surface area (Å²) in [6.07, 6.45) is 0. The molecule has 1 heterocycles. The van der Waals surface area contributed by atoms with Crippen molar-refractivity contribution in [2.24, 2.45) is 0 Å². The molecule has 0 saturated carbocycles.